The van der Waals surface area contributed by atoms with Crippen LogP contribution in [0.4, 0.5) is 0 Å². The van der Waals surface area contributed by atoms with E-state index in [1.165, 1.54) is 0 Å². The second-order valence-electron chi connectivity index (χ2n) is 3.84. The third-order valence-corrected chi connectivity index (χ3v) is 2.75. The van der Waals surface area contributed by atoms with Crippen LogP contribution in [0.15, 0.2) is 12.2 Å². The van der Waals surface area contributed by atoms with Gasteiger partial charge >= 0.3 is 0 Å². The fraction of sp³-hybridized carbons (Fsp3) is 0.818. The number of unbranched alkanes of at least 4 members (excludes halogenated alkanes) is 1. The minimum absolute atomic E-state index is 0.205. The van der Waals surface area contributed by atoms with Crippen LogP contribution in [0.5, 0.6) is 0 Å². The monoisotopic (exact) mass is 200 g/mol. The highest BCUT2D eigenvalue weighted by atomic mass is 16.7. The highest BCUT2D eigenvalue weighted by molar-refractivity contribution is 5.09. The van der Waals surface area contributed by atoms with Gasteiger partial charge in [-0.2, -0.15) is 0 Å². The molecule has 3 atom stereocenters. The molecule has 3 heteroatoms. The van der Waals surface area contributed by atoms with Gasteiger partial charge < -0.3 is 14.6 Å². The molecule has 1 aliphatic heterocycles. The Morgan fingerprint density at radius 2 is 2.29 bits per heavy atom. The SMILES string of the molecule is CCCC[C@@]1(O)C=C[C@H](OC)O[C@H]1C. The van der Waals surface area contributed by atoms with E-state index in [9.17, 15) is 5.11 Å². The molecular formula is C11H20O3. The Kier molecular flexibility index (Phi) is 4.11. The summed E-state index contributed by atoms with van der Waals surface area (Å²) in [5, 5.41) is 10.2. The van der Waals surface area contributed by atoms with Gasteiger partial charge in [0.2, 0.25) is 0 Å². The molecular weight excluding hydrogens is 180 g/mol. The summed E-state index contributed by atoms with van der Waals surface area (Å²) in [6.07, 6.45) is 5.90. The second kappa shape index (κ2) is 4.91. The highest BCUT2D eigenvalue weighted by Gasteiger charge is 2.35. The minimum Gasteiger partial charge on any atom is -0.383 e. The van der Waals surface area contributed by atoms with Gasteiger partial charge in [-0.05, 0) is 25.5 Å². The van der Waals surface area contributed by atoms with Gasteiger partial charge in [0.1, 0.15) is 5.60 Å². The molecule has 3 nitrogen and oxygen atoms in total. The van der Waals surface area contributed by atoms with E-state index in [2.05, 4.69) is 6.92 Å². The minimum atomic E-state index is -0.814. The Balaban J connectivity index is 2.60. The van der Waals surface area contributed by atoms with Crippen LogP contribution < -0.4 is 0 Å². The van der Waals surface area contributed by atoms with Gasteiger partial charge in [-0.3, -0.25) is 0 Å². The van der Waals surface area contributed by atoms with E-state index in [4.69, 9.17) is 9.47 Å². The van der Waals surface area contributed by atoms with E-state index in [-0.39, 0.29) is 12.4 Å². The zero-order valence-electron chi connectivity index (χ0n) is 9.19. The van der Waals surface area contributed by atoms with E-state index in [1.807, 2.05) is 13.0 Å². The van der Waals surface area contributed by atoms with Gasteiger partial charge in [-0.1, -0.05) is 19.8 Å². The zero-order valence-corrected chi connectivity index (χ0v) is 9.19. The topological polar surface area (TPSA) is 38.7 Å². The summed E-state index contributed by atoms with van der Waals surface area (Å²) in [6.45, 7) is 3.99. The third-order valence-electron chi connectivity index (χ3n) is 2.75. The number of hydrogen-bond acceptors (Lipinski definition) is 3. The smallest absolute Gasteiger partial charge is 0.177 e. The van der Waals surface area contributed by atoms with E-state index in [1.54, 1.807) is 13.2 Å². The molecule has 14 heavy (non-hydrogen) atoms. The summed E-state index contributed by atoms with van der Waals surface area (Å²) in [7, 11) is 1.60. The Labute approximate surface area is 85.7 Å². The van der Waals surface area contributed by atoms with Crippen molar-refractivity contribution in [3.63, 3.8) is 0 Å². The van der Waals surface area contributed by atoms with Gasteiger partial charge in [-0.15, -0.1) is 0 Å². The van der Waals surface area contributed by atoms with E-state index >= 15 is 0 Å². The van der Waals surface area contributed by atoms with Crippen LogP contribution >= 0.6 is 0 Å². The summed E-state index contributed by atoms with van der Waals surface area (Å²) in [4.78, 5) is 0. The Hall–Kier alpha value is -0.380. The average Bonchev–Trinajstić information content (AvgIpc) is 2.19. The van der Waals surface area contributed by atoms with Crippen molar-refractivity contribution in [2.75, 3.05) is 7.11 Å². The normalized spacial score (nSPS) is 37.4. The van der Waals surface area contributed by atoms with E-state index < -0.39 is 5.60 Å². The molecule has 0 aromatic heterocycles. The predicted molar refractivity (Wildman–Crippen MR) is 55.0 cm³/mol. The molecule has 0 aromatic carbocycles. The molecule has 0 unspecified atom stereocenters. The van der Waals surface area contributed by atoms with Gasteiger partial charge in [-0.25, -0.2) is 0 Å². The number of rotatable bonds is 4. The summed E-state index contributed by atoms with van der Waals surface area (Å²) < 4.78 is 10.5. The van der Waals surface area contributed by atoms with E-state index in [0.29, 0.717) is 0 Å². The first kappa shape index (κ1) is 11.7. The molecule has 0 aromatic rings. The number of ether oxygens (including phenoxy) is 2. The Morgan fingerprint density at radius 3 is 2.79 bits per heavy atom. The average molecular weight is 200 g/mol. The lowest BCUT2D eigenvalue weighted by Gasteiger charge is -2.36. The first-order chi connectivity index (χ1) is 6.62. The fourth-order valence-electron chi connectivity index (χ4n) is 1.63. The van der Waals surface area contributed by atoms with Crippen molar-refractivity contribution in [1.82, 2.24) is 0 Å². The molecule has 1 rings (SSSR count). The number of aliphatic hydroxyl groups is 1. The molecule has 1 N–H and O–H groups in total. The largest absolute Gasteiger partial charge is 0.383 e. The van der Waals surface area contributed by atoms with Crippen LogP contribution in [0.1, 0.15) is 33.1 Å². The standard InChI is InChI=1S/C11H20O3/c1-4-5-7-11(12)8-6-10(13-3)14-9(11)2/h6,8-10,12H,4-5,7H2,1-3H3/t9-,10+,11+/m0/s1. The molecule has 0 aliphatic carbocycles. The summed E-state index contributed by atoms with van der Waals surface area (Å²) >= 11 is 0. The van der Waals surface area contributed by atoms with Crippen molar-refractivity contribution >= 4 is 0 Å². The van der Waals surface area contributed by atoms with Crippen molar-refractivity contribution < 1.29 is 14.6 Å². The molecule has 0 amide bonds. The van der Waals surface area contributed by atoms with Crippen molar-refractivity contribution in [3.05, 3.63) is 12.2 Å². The van der Waals surface area contributed by atoms with Crippen LogP contribution in [0.25, 0.3) is 0 Å². The van der Waals surface area contributed by atoms with Crippen molar-refractivity contribution in [3.8, 4) is 0 Å². The molecule has 0 fully saturated rings. The van der Waals surface area contributed by atoms with Crippen LogP contribution in [-0.4, -0.2) is 30.2 Å². The molecule has 0 bridgehead atoms. The maximum atomic E-state index is 10.2. The maximum Gasteiger partial charge on any atom is 0.177 e. The predicted octanol–water partition coefficient (Wildman–Crippen LogP) is 1.86. The molecule has 82 valence electrons. The Bertz CT molecular complexity index is 203. The highest BCUT2D eigenvalue weighted by Crippen LogP contribution is 2.28. The second-order valence-corrected chi connectivity index (χ2v) is 3.84. The first-order valence-corrected chi connectivity index (χ1v) is 5.22. The van der Waals surface area contributed by atoms with Crippen molar-refractivity contribution in [1.29, 1.82) is 0 Å². The number of hydrogen-bond donors (Lipinski definition) is 1. The first-order valence-electron chi connectivity index (χ1n) is 5.22. The summed E-state index contributed by atoms with van der Waals surface area (Å²) in [6, 6.07) is 0. The van der Waals surface area contributed by atoms with E-state index in [0.717, 1.165) is 19.3 Å². The summed E-state index contributed by atoms with van der Waals surface area (Å²) in [5.74, 6) is 0. The molecule has 0 saturated carbocycles. The van der Waals surface area contributed by atoms with Crippen LogP contribution in [-0.2, 0) is 9.47 Å². The molecule has 0 spiro atoms. The molecule has 0 saturated heterocycles. The lowest BCUT2D eigenvalue weighted by molar-refractivity contribution is -0.181. The maximum absolute atomic E-state index is 10.2. The third kappa shape index (κ3) is 2.56. The van der Waals surface area contributed by atoms with Gasteiger partial charge in [0.05, 0.1) is 6.10 Å². The molecule has 0 radical (unpaired) electrons. The zero-order chi connectivity index (χ0) is 10.6. The van der Waals surface area contributed by atoms with Crippen molar-refractivity contribution in [2.24, 2.45) is 0 Å². The van der Waals surface area contributed by atoms with Gasteiger partial charge in [0.15, 0.2) is 6.29 Å². The number of methoxy groups -OCH3 is 1. The lowest BCUT2D eigenvalue weighted by Crippen LogP contribution is -2.45. The molecule has 1 heterocycles. The summed E-state index contributed by atoms with van der Waals surface area (Å²) in [5.41, 5.74) is -0.814. The molecule has 1 aliphatic rings. The van der Waals surface area contributed by atoms with Crippen LogP contribution in [0.2, 0.25) is 0 Å². The van der Waals surface area contributed by atoms with Crippen LogP contribution in [0.3, 0.4) is 0 Å². The van der Waals surface area contributed by atoms with Crippen LogP contribution in [0, 0.1) is 0 Å². The fourth-order valence-corrected chi connectivity index (χ4v) is 1.63. The van der Waals surface area contributed by atoms with Gasteiger partial charge in [0, 0.05) is 7.11 Å². The Morgan fingerprint density at radius 1 is 1.57 bits per heavy atom. The van der Waals surface area contributed by atoms with Gasteiger partial charge in [0.25, 0.3) is 0 Å². The van der Waals surface area contributed by atoms with Crippen molar-refractivity contribution in [2.45, 2.75) is 51.1 Å². The quantitative estimate of drug-likeness (QED) is 0.704. The lowest BCUT2D eigenvalue weighted by atomic mass is 9.89.